The lowest BCUT2D eigenvalue weighted by Gasteiger charge is -2.58. The number of hydrogen-bond donors (Lipinski definition) is 1. The predicted octanol–water partition coefficient (Wildman–Crippen LogP) is 2.55. The second-order valence-electron chi connectivity index (χ2n) is 6.97. The fourth-order valence-corrected chi connectivity index (χ4v) is 3.00. The van der Waals surface area contributed by atoms with E-state index in [1.165, 1.54) is 12.8 Å². The minimum atomic E-state index is -0.395. The van der Waals surface area contributed by atoms with Crippen LogP contribution in [-0.4, -0.2) is 42.3 Å². The molecule has 1 spiro atoms. The van der Waals surface area contributed by atoms with Crippen LogP contribution in [-0.2, 0) is 4.74 Å². The Morgan fingerprint density at radius 3 is 2.63 bits per heavy atom. The molecular weight excluding hydrogens is 240 g/mol. The molecule has 19 heavy (non-hydrogen) atoms. The van der Waals surface area contributed by atoms with E-state index in [-0.39, 0.29) is 6.09 Å². The minimum Gasteiger partial charge on any atom is -0.444 e. The lowest BCUT2D eigenvalue weighted by molar-refractivity contribution is -0.0826. The first kappa shape index (κ1) is 14.4. The van der Waals surface area contributed by atoms with Crippen molar-refractivity contribution in [2.45, 2.75) is 51.7 Å². The summed E-state index contributed by atoms with van der Waals surface area (Å²) in [6.45, 7) is 12.2. The Hall–Kier alpha value is -1.03. The van der Waals surface area contributed by atoms with E-state index in [4.69, 9.17) is 4.74 Å². The van der Waals surface area contributed by atoms with E-state index in [1.807, 2.05) is 31.7 Å². The normalized spacial score (nSPS) is 21.7. The lowest BCUT2D eigenvalue weighted by Crippen LogP contribution is -2.67. The van der Waals surface area contributed by atoms with E-state index in [9.17, 15) is 4.79 Å². The van der Waals surface area contributed by atoms with Crippen LogP contribution in [0.4, 0.5) is 4.79 Å². The molecule has 108 valence electrons. The van der Waals surface area contributed by atoms with Crippen molar-refractivity contribution in [1.82, 2.24) is 10.2 Å². The highest BCUT2D eigenvalue weighted by Crippen LogP contribution is 2.48. The molecule has 1 saturated heterocycles. The molecule has 4 nitrogen and oxygen atoms in total. The summed E-state index contributed by atoms with van der Waals surface area (Å²) < 4.78 is 5.37. The molecule has 0 radical (unpaired) electrons. The Balaban J connectivity index is 1.65. The Labute approximate surface area is 116 Å². The number of carbonyl (C=O) groups is 1. The Kier molecular flexibility index (Phi) is 3.90. The largest absolute Gasteiger partial charge is 0.444 e. The molecule has 1 aliphatic carbocycles. The predicted molar refractivity (Wildman–Crippen MR) is 76.1 cm³/mol. The molecule has 1 saturated carbocycles. The molecule has 2 rings (SSSR count). The first-order chi connectivity index (χ1) is 8.84. The van der Waals surface area contributed by atoms with E-state index >= 15 is 0 Å². The molecule has 0 aromatic heterocycles. The van der Waals surface area contributed by atoms with Crippen LogP contribution in [0, 0.1) is 5.41 Å². The first-order valence-corrected chi connectivity index (χ1v) is 7.16. The van der Waals surface area contributed by atoms with Crippen LogP contribution in [0.15, 0.2) is 12.7 Å². The maximum atomic E-state index is 11.8. The molecule has 1 amide bonds. The summed E-state index contributed by atoms with van der Waals surface area (Å²) >= 11 is 0. The molecule has 0 unspecified atom stereocenters. The molecule has 1 heterocycles. The van der Waals surface area contributed by atoms with Crippen molar-refractivity contribution < 1.29 is 9.53 Å². The monoisotopic (exact) mass is 266 g/mol. The van der Waals surface area contributed by atoms with Gasteiger partial charge < -0.3 is 15.0 Å². The van der Waals surface area contributed by atoms with Gasteiger partial charge in [-0.1, -0.05) is 6.08 Å². The van der Waals surface area contributed by atoms with Gasteiger partial charge in [0.15, 0.2) is 0 Å². The number of ether oxygens (including phenoxy) is 1. The van der Waals surface area contributed by atoms with Crippen molar-refractivity contribution in [2.24, 2.45) is 5.41 Å². The highest BCUT2D eigenvalue weighted by molar-refractivity contribution is 5.69. The zero-order chi connectivity index (χ0) is 14.1. The number of carbonyl (C=O) groups excluding carboxylic acids is 1. The van der Waals surface area contributed by atoms with Crippen molar-refractivity contribution in [2.75, 3.05) is 19.6 Å². The topological polar surface area (TPSA) is 41.6 Å². The average Bonchev–Trinajstić information content (AvgIpc) is 2.15. The van der Waals surface area contributed by atoms with Crippen LogP contribution in [0.5, 0.6) is 0 Å². The van der Waals surface area contributed by atoms with Gasteiger partial charge in [0, 0.05) is 24.5 Å². The first-order valence-electron chi connectivity index (χ1n) is 7.16. The number of hydrogen-bond acceptors (Lipinski definition) is 3. The minimum absolute atomic E-state index is 0.166. The number of nitrogens with zero attached hydrogens (tertiary/aromatic N) is 1. The van der Waals surface area contributed by atoms with Crippen LogP contribution < -0.4 is 5.32 Å². The highest BCUT2D eigenvalue weighted by Gasteiger charge is 2.54. The Morgan fingerprint density at radius 1 is 1.47 bits per heavy atom. The SMILES string of the molecule is C=CCCNC1CC2(C1)CN(C(=O)OC(C)(C)C)C2. The van der Waals surface area contributed by atoms with Crippen molar-refractivity contribution in [3.63, 3.8) is 0 Å². The molecule has 0 aromatic carbocycles. The quantitative estimate of drug-likeness (QED) is 0.628. The Morgan fingerprint density at radius 2 is 2.11 bits per heavy atom. The van der Waals surface area contributed by atoms with Crippen molar-refractivity contribution in [3.05, 3.63) is 12.7 Å². The second kappa shape index (κ2) is 5.16. The van der Waals surface area contributed by atoms with E-state index < -0.39 is 5.60 Å². The molecule has 0 bridgehead atoms. The average molecular weight is 266 g/mol. The van der Waals surface area contributed by atoms with Gasteiger partial charge in [-0.05, 0) is 46.6 Å². The summed E-state index contributed by atoms with van der Waals surface area (Å²) in [6, 6.07) is 0.626. The van der Waals surface area contributed by atoms with E-state index in [2.05, 4.69) is 11.9 Å². The number of nitrogens with one attached hydrogen (secondary N) is 1. The van der Waals surface area contributed by atoms with Crippen molar-refractivity contribution >= 4 is 6.09 Å². The van der Waals surface area contributed by atoms with Crippen LogP contribution in [0.1, 0.15) is 40.0 Å². The van der Waals surface area contributed by atoms with Crippen LogP contribution >= 0.6 is 0 Å². The van der Waals surface area contributed by atoms with E-state index in [0.29, 0.717) is 11.5 Å². The maximum absolute atomic E-state index is 11.8. The molecule has 0 aromatic rings. The van der Waals surface area contributed by atoms with Crippen LogP contribution in [0.2, 0.25) is 0 Å². The molecule has 2 aliphatic rings. The Bertz CT molecular complexity index is 346. The standard InChI is InChI=1S/C15H26N2O2/c1-5-6-7-16-12-8-15(9-12)10-17(11-15)13(18)19-14(2,3)4/h5,12,16H,1,6-11H2,2-4H3. The fraction of sp³-hybridized carbons (Fsp3) is 0.800. The molecule has 1 aliphatic heterocycles. The van der Waals surface area contributed by atoms with E-state index in [1.54, 1.807) is 0 Å². The third-order valence-electron chi connectivity index (χ3n) is 3.84. The number of amides is 1. The van der Waals surface area contributed by atoms with Gasteiger partial charge in [0.1, 0.15) is 5.60 Å². The zero-order valence-corrected chi connectivity index (χ0v) is 12.4. The summed E-state index contributed by atoms with van der Waals surface area (Å²) in [7, 11) is 0. The van der Waals surface area contributed by atoms with Crippen molar-refractivity contribution in [3.8, 4) is 0 Å². The molecule has 2 fully saturated rings. The summed E-state index contributed by atoms with van der Waals surface area (Å²) in [4.78, 5) is 13.7. The van der Waals surface area contributed by atoms with Gasteiger partial charge in [0.05, 0.1) is 0 Å². The number of likely N-dealkylation sites (tertiary alicyclic amines) is 1. The molecule has 1 N–H and O–H groups in total. The van der Waals surface area contributed by atoms with Gasteiger partial charge in [-0.25, -0.2) is 4.79 Å². The van der Waals surface area contributed by atoms with Gasteiger partial charge in [-0.15, -0.1) is 6.58 Å². The summed E-state index contributed by atoms with van der Waals surface area (Å²) in [5.74, 6) is 0. The highest BCUT2D eigenvalue weighted by atomic mass is 16.6. The zero-order valence-electron chi connectivity index (χ0n) is 12.4. The van der Waals surface area contributed by atoms with Crippen LogP contribution in [0.25, 0.3) is 0 Å². The second-order valence-corrected chi connectivity index (χ2v) is 6.97. The smallest absolute Gasteiger partial charge is 0.410 e. The van der Waals surface area contributed by atoms with E-state index in [0.717, 1.165) is 26.1 Å². The lowest BCUT2D eigenvalue weighted by atomic mass is 9.61. The fourth-order valence-electron chi connectivity index (χ4n) is 3.00. The summed E-state index contributed by atoms with van der Waals surface area (Å²) in [5.41, 5.74) is -0.0169. The van der Waals surface area contributed by atoms with Gasteiger partial charge in [-0.3, -0.25) is 0 Å². The third kappa shape index (κ3) is 3.50. The van der Waals surface area contributed by atoms with Gasteiger partial charge in [-0.2, -0.15) is 0 Å². The summed E-state index contributed by atoms with van der Waals surface area (Å²) in [6.07, 6.45) is 5.16. The van der Waals surface area contributed by atoms with Gasteiger partial charge >= 0.3 is 6.09 Å². The molecular formula is C15H26N2O2. The number of rotatable bonds is 4. The maximum Gasteiger partial charge on any atom is 0.410 e. The van der Waals surface area contributed by atoms with Crippen LogP contribution in [0.3, 0.4) is 0 Å². The molecule has 4 heteroatoms. The van der Waals surface area contributed by atoms with Gasteiger partial charge in [0.25, 0.3) is 0 Å². The molecule has 0 atom stereocenters. The third-order valence-corrected chi connectivity index (χ3v) is 3.84. The summed E-state index contributed by atoms with van der Waals surface area (Å²) in [5, 5.41) is 3.52. The van der Waals surface area contributed by atoms with Crippen molar-refractivity contribution in [1.29, 1.82) is 0 Å². The van der Waals surface area contributed by atoms with Gasteiger partial charge in [0.2, 0.25) is 0 Å².